The molecule has 1 spiro atoms. The lowest BCUT2D eigenvalue weighted by Gasteiger charge is -2.37. The second-order valence-corrected chi connectivity index (χ2v) is 10.6. The minimum absolute atomic E-state index is 0.0527. The van der Waals surface area contributed by atoms with E-state index in [9.17, 15) is 13.9 Å². The van der Waals surface area contributed by atoms with Crippen LogP contribution in [0.1, 0.15) is 49.0 Å². The smallest absolute Gasteiger partial charge is 0.304 e. The van der Waals surface area contributed by atoms with Crippen molar-refractivity contribution in [3.8, 4) is 0 Å². The molecule has 2 N–H and O–H groups in total. The molecule has 3 aliphatic rings. The van der Waals surface area contributed by atoms with E-state index < -0.39 is 28.9 Å². The molecule has 0 bridgehead atoms. The van der Waals surface area contributed by atoms with E-state index >= 15 is 4.39 Å². The Hall–Kier alpha value is -2.98. The third kappa shape index (κ3) is 3.61. The summed E-state index contributed by atoms with van der Waals surface area (Å²) in [6.07, 6.45) is 2.79. The van der Waals surface area contributed by atoms with Crippen molar-refractivity contribution in [1.29, 1.82) is 0 Å². The lowest BCUT2D eigenvalue weighted by Crippen LogP contribution is -2.44. The number of fused-ring (bicyclic) bond motifs is 1. The van der Waals surface area contributed by atoms with Crippen molar-refractivity contribution in [3.05, 3.63) is 53.1 Å². The Bertz CT molecular complexity index is 1340. The molecule has 0 radical (unpaired) electrons. The first-order valence-corrected chi connectivity index (χ1v) is 12.2. The zero-order valence-electron chi connectivity index (χ0n) is 20.2. The van der Waals surface area contributed by atoms with Crippen LogP contribution < -0.4 is 10.2 Å². The number of aliphatic hydroxyl groups is 1. The molecule has 2 aliphatic heterocycles. The van der Waals surface area contributed by atoms with Crippen LogP contribution in [0.5, 0.6) is 0 Å². The highest BCUT2D eigenvalue weighted by Crippen LogP contribution is 2.54. The minimum Gasteiger partial charge on any atom is -0.383 e. The van der Waals surface area contributed by atoms with Crippen molar-refractivity contribution in [1.82, 2.24) is 15.2 Å². The average molecular weight is 500 g/mol. The van der Waals surface area contributed by atoms with Gasteiger partial charge < -0.3 is 20.1 Å². The monoisotopic (exact) mass is 499 g/mol. The van der Waals surface area contributed by atoms with Gasteiger partial charge in [-0.1, -0.05) is 12.1 Å². The lowest BCUT2D eigenvalue weighted by molar-refractivity contribution is -0.134. The Labute approximate surface area is 206 Å². The van der Waals surface area contributed by atoms with Crippen LogP contribution in [0.4, 0.5) is 24.7 Å². The molecule has 36 heavy (non-hydrogen) atoms. The summed E-state index contributed by atoms with van der Waals surface area (Å²) >= 11 is 0. The van der Waals surface area contributed by atoms with Gasteiger partial charge in [-0.05, 0) is 45.2 Å². The number of alkyl halides is 2. The van der Waals surface area contributed by atoms with E-state index in [0.29, 0.717) is 17.0 Å². The fourth-order valence-corrected chi connectivity index (χ4v) is 5.30. The van der Waals surface area contributed by atoms with Gasteiger partial charge in [-0.15, -0.1) is 5.10 Å². The molecule has 10 heteroatoms. The van der Waals surface area contributed by atoms with Crippen LogP contribution in [0.25, 0.3) is 10.9 Å². The van der Waals surface area contributed by atoms with Gasteiger partial charge in [0.25, 0.3) is 0 Å². The van der Waals surface area contributed by atoms with Crippen LogP contribution in [0, 0.1) is 18.2 Å². The SMILES string of the molecule is Cc1nnc(N[C@H](C)c2cccc(C(F)(F)C3(O)CC3)c2F)c2cc(N3CCC4(COC4)C3)cnc12. The zero-order valence-corrected chi connectivity index (χ0v) is 20.2. The number of ether oxygens (including phenoxy) is 1. The first kappa shape index (κ1) is 23.4. The van der Waals surface area contributed by atoms with Gasteiger partial charge in [0, 0.05) is 29.5 Å². The fraction of sp³-hybridized carbons (Fsp3) is 0.500. The van der Waals surface area contributed by atoms with Crippen LogP contribution in [0.2, 0.25) is 0 Å². The molecule has 1 aliphatic carbocycles. The number of nitrogens with zero attached hydrogens (tertiary/aromatic N) is 4. The Morgan fingerprint density at radius 3 is 2.64 bits per heavy atom. The second kappa shape index (κ2) is 8.01. The van der Waals surface area contributed by atoms with Crippen molar-refractivity contribution in [2.45, 2.75) is 50.7 Å². The average Bonchev–Trinajstić information content (AvgIpc) is 3.43. The highest BCUT2D eigenvalue weighted by atomic mass is 19.3. The Kier molecular flexibility index (Phi) is 5.21. The van der Waals surface area contributed by atoms with Gasteiger partial charge in [0.2, 0.25) is 0 Å². The molecule has 7 nitrogen and oxygen atoms in total. The topological polar surface area (TPSA) is 83.4 Å². The standard InChI is InChI=1S/C26H28F3N5O2/c1-15(18-4-3-5-20(21(18)27)26(28,29)25(35)6-7-25)31-23-19-10-17(11-30-22(19)16(2)32-33-23)34-9-8-24(12-34)13-36-14-24/h3-5,10-11,15,35H,6-9,12-14H2,1-2H3,(H,31,33)/t15-/m1/s1. The van der Waals surface area contributed by atoms with Gasteiger partial charge >= 0.3 is 5.92 Å². The van der Waals surface area contributed by atoms with Gasteiger partial charge in [-0.25, -0.2) is 4.39 Å². The van der Waals surface area contributed by atoms with E-state index in [1.54, 1.807) is 6.92 Å². The fourth-order valence-electron chi connectivity index (χ4n) is 5.30. The summed E-state index contributed by atoms with van der Waals surface area (Å²) < 4.78 is 50.4. The van der Waals surface area contributed by atoms with Crippen LogP contribution in [0.15, 0.2) is 30.5 Å². The van der Waals surface area contributed by atoms with Crippen LogP contribution in [-0.4, -0.2) is 52.2 Å². The maximum absolute atomic E-state index is 15.3. The van der Waals surface area contributed by atoms with Crippen molar-refractivity contribution >= 4 is 22.4 Å². The summed E-state index contributed by atoms with van der Waals surface area (Å²) in [4.78, 5) is 6.92. The highest BCUT2D eigenvalue weighted by molar-refractivity contribution is 5.92. The zero-order chi connectivity index (χ0) is 25.3. The number of aryl methyl sites for hydroxylation is 1. The number of rotatable bonds is 6. The van der Waals surface area contributed by atoms with Crippen molar-refractivity contribution in [3.63, 3.8) is 0 Å². The number of hydrogen-bond donors (Lipinski definition) is 2. The summed E-state index contributed by atoms with van der Waals surface area (Å²) in [5.74, 6) is -4.30. The Balaban J connectivity index is 1.32. The van der Waals surface area contributed by atoms with E-state index in [0.717, 1.165) is 49.9 Å². The van der Waals surface area contributed by atoms with Crippen LogP contribution in [-0.2, 0) is 10.7 Å². The third-order valence-corrected chi connectivity index (χ3v) is 7.89. The highest BCUT2D eigenvalue weighted by Gasteiger charge is 2.63. The van der Waals surface area contributed by atoms with Gasteiger partial charge in [0.15, 0.2) is 5.82 Å². The molecular weight excluding hydrogens is 471 g/mol. The molecule has 0 amide bonds. The second-order valence-electron chi connectivity index (χ2n) is 10.6. The molecule has 1 aromatic carbocycles. The molecule has 6 rings (SSSR count). The van der Waals surface area contributed by atoms with Crippen molar-refractivity contribution in [2.24, 2.45) is 5.41 Å². The van der Waals surface area contributed by atoms with Crippen LogP contribution >= 0.6 is 0 Å². The van der Waals surface area contributed by atoms with Gasteiger partial charge in [0.1, 0.15) is 11.4 Å². The van der Waals surface area contributed by atoms with E-state index in [1.165, 1.54) is 12.1 Å². The van der Waals surface area contributed by atoms with Crippen molar-refractivity contribution < 1.29 is 23.0 Å². The first-order chi connectivity index (χ1) is 17.1. The molecule has 1 saturated carbocycles. The van der Waals surface area contributed by atoms with Crippen LogP contribution in [0.3, 0.4) is 0 Å². The molecule has 0 unspecified atom stereocenters. The third-order valence-electron chi connectivity index (χ3n) is 7.89. The number of nitrogens with one attached hydrogen (secondary N) is 1. The summed E-state index contributed by atoms with van der Waals surface area (Å²) in [7, 11) is 0. The quantitative estimate of drug-likeness (QED) is 0.517. The van der Waals surface area contributed by atoms with E-state index in [4.69, 9.17) is 4.74 Å². The molecule has 1 atom stereocenters. The number of anilines is 2. The predicted molar refractivity (Wildman–Crippen MR) is 129 cm³/mol. The van der Waals surface area contributed by atoms with Gasteiger partial charge in [0.05, 0.1) is 47.9 Å². The summed E-state index contributed by atoms with van der Waals surface area (Å²) in [5, 5.41) is 22.4. The molecule has 2 aromatic heterocycles. The number of halogens is 3. The maximum atomic E-state index is 15.3. The summed E-state index contributed by atoms with van der Waals surface area (Å²) in [6, 6.07) is 5.19. The van der Waals surface area contributed by atoms with E-state index in [1.807, 2.05) is 19.2 Å². The Morgan fingerprint density at radius 1 is 1.19 bits per heavy atom. The molecule has 3 fully saturated rings. The van der Waals surface area contributed by atoms with Crippen molar-refractivity contribution in [2.75, 3.05) is 36.5 Å². The lowest BCUT2D eigenvalue weighted by atomic mass is 9.85. The normalized spacial score (nSPS) is 21.0. The van der Waals surface area contributed by atoms with E-state index in [-0.39, 0.29) is 23.8 Å². The van der Waals surface area contributed by atoms with Gasteiger partial charge in [-0.2, -0.15) is 13.9 Å². The number of hydrogen-bond acceptors (Lipinski definition) is 7. The maximum Gasteiger partial charge on any atom is 0.304 e. The number of benzene rings is 1. The first-order valence-electron chi connectivity index (χ1n) is 12.2. The van der Waals surface area contributed by atoms with Gasteiger partial charge in [-0.3, -0.25) is 4.98 Å². The molecule has 3 aromatic rings. The summed E-state index contributed by atoms with van der Waals surface area (Å²) in [5.41, 5.74) is -0.409. The number of pyridine rings is 1. The number of aromatic nitrogens is 3. The Morgan fingerprint density at radius 2 is 1.97 bits per heavy atom. The predicted octanol–water partition coefficient (Wildman–Crippen LogP) is 4.49. The molecule has 2 saturated heterocycles. The van der Waals surface area contributed by atoms with E-state index in [2.05, 4.69) is 25.4 Å². The molecular formula is C26H28F3N5O2. The summed E-state index contributed by atoms with van der Waals surface area (Å²) in [6.45, 7) is 6.86. The molecule has 4 heterocycles. The largest absolute Gasteiger partial charge is 0.383 e. The molecule has 190 valence electrons. The minimum atomic E-state index is -3.67.